The second kappa shape index (κ2) is 7.21. The van der Waals surface area contributed by atoms with Gasteiger partial charge in [0.2, 0.25) is 0 Å². The molecule has 0 bridgehead atoms. The number of amides is 1. The Morgan fingerprint density at radius 1 is 1.39 bits per heavy atom. The van der Waals surface area contributed by atoms with Crippen LogP contribution >= 0.6 is 0 Å². The normalized spacial score (nSPS) is 10.7. The van der Waals surface area contributed by atoms with Gasteiger partial charge in [-0.25, -0.2) is 5.43 Å². The first-order valence-corrected chi connectivity index (χ1v) is 6.72. The summed E-state index contributed by atoms with van der Waals surface area (Å²) >= 11 is 0. The number of ether oxygens (including phenoxy) is 1. The Kier molecular flexibility index (Phi) is 5.08. The van der Waals surface area contributed by atoms with E-state index in [0.29, 0.717) is 5.75 Å². The van der Waals surface area contributed by atoms with E-state index in [1.54, 1.807) is 0 Å². The Balaban J connectivity index is 1.83. The molecule has 0 aliphatic rings. The fraction of sp³-hybridized carbons (Fsp3) is 0.200. The lowest BCUT2D eigenvalue weighted by molar-refractivity contribution is -0.402. The van der Waals surface area contributed by atoms with Crippen molar-refractivity contribution in [1.82, 2.24) is 5.43 Å². The van der Waals surface area contributed by atoms with E-state index in [1.165, 1.54) is 18.3 Å². The zero-order valence-electron chi connectivity index (χ0n) is 12.6. The van der Waals surface area contributed by atoms with Crippen LogP contribution < -0.4 is 10.2 Å². The van der Waals surface area contributed by atoms with Crippen molar-refractivity contribution >= 4 is 18.0 Å². The minimum Gasteiger partial charge on any atom is -0.483 e. The molecule has 1 amide bonds. The van der Waals surface area contributed by atoms with E-state index in [-0.39, 0.29) is 12.4 Å². The first kappa shape index (κ1) is 16.2. The van der Waals surface area contributed by atoms with Gasteiger partial charge < -0.3 is 9.15 Å². The molecule has 8 heteroatoms. The number of nitro groups is 1. The summed E-state index contributed by atoms with van der Waals surface area (Å²) in [6.45, 7) is 3.62. The monoisotopic (exact) mass is 317 g/mol. The number of hydrazone groups is 1. The quantitative estimate of drug-likeness (QED) is 0.500. The Morgan fingerprint density at radius 3 is 2.87 bits per heavy atom. The molecule has 0 spiro atoms. The average molecular weight is 317 g/mol. The number of benzene rings is 1. The molecular formula is C15H15N3O5. The van der Waals surface area contributed by atoms with Gasteiger partial charge in [-0.2, -0.15) is 5.10 Å². The lowest BCUT2D eigenvalue weighted by atomic mass is 10.1. The smallest absolute Gasteiger partial charge is 0.433 e. The van der Waals surface area contributed by atoms with Crippen molar-refractivity contribution in [3.63, 3.8) is 0 Å². The number of hydrogen-bond acceptors (Lipinski definition) is 6. The minimum absolute atomic E-state index is 0.160. The van der Waals surface area contributed by atoms with Crippen LogP contribution in [0, 0.1) is 24.0 Å². The second-order valence-electron chi connectivity index (χ2n) is 4.78. The van der Waals surface area contributed by atoms with E-state index in [1.807, 2.05) is 32.0 Å². The van der Waals surface area contributed by atoms with Gasteiger partial charge in [0.25, 0.3) is 5.91 Å². The molecule has 0 aliphatic heterocycles. The summed E-state index contributed by atoms with van der Waals surface area (Å²) in [5.41, 5.74) is 4.21. The number of nitrogens with zero attached hydrogens (tertiary/aromatic N) is 2. The van der Waals surface area contributed by atoms with Crippen LogP contribution in [-0.2, 0) is 4.79 Å². The number of rotatable bonds is 6. The highest BCUT2D eigenvalue weighted by atomic mass is 16.6. The minimum atomic E-state index is -0.659. The maximum Gasteiger partial charge on any atom is 0.433 e. The van der Waals surface area contributed by atoms with Crippen molar-refractivity contribution in [2.45, 2.75) is 13.8 Å². The fourth-order valence-corrected chi connectivity index (χ4v) is 1.72. The Bertz CT molecular complexity index is 751. The number of aryl methyl sites for hydroxylation is 2. The summed E-state index contributed by atoms with van der Waals surface area (Å²) < 4.78 is 10.3. The van der Waals surface area contributed by atoms with E-state index >= 15 is 0 Å². The zero-order valence-corrected chi connectivity index (χ0v) is 12.6. The number of nitrogens with one attached hydrogen (secondary N) is 1. The van der Waals surface area contributed by atoms with Crippen LogP contribution in [0.3, 0.4) is 0 Å². The van der Waals surface area contributed by atoms with Crippen molar-refractivity contribution in [3.8, 4) is 5.75 Å². The van der Waals surface area contributed by atoms with E-state index < -0.39 is 16.7 Å². The molecule has 23 heavy (non-hydrogen) atoms. The molecule has 8 nitrogen and oxygen atoms in total. The molecule has 2 aromatic rings. The molecule has 1 heterocycles. The van der Waals surface area contributed by atoms with Crippen molar-refractivity contribution in [2.75, 3.05) is 6.61 Å². The third kappa shape index (κ3) is 4.67. The van der Waals surface area contributed by atoms with Crippen LogP contribution in [0.25, 0.3) is 0 Å². The highest BCUT2D eigenvalue weighted by molar-refractivity contribution is 5.81. The molecular weight excluding hydrogens is 302 g/mol. The Morgan fingerprint density at radius 2 is 2.17 bits per heavy atom. The number of carbonyl (C=O) groups excluding carboxylic acids is 1. The van der Waals surface area contributed by atoms with Gasteiger partial charge in [0.1, 0.15) is 10.7 Å². The summed E-state index contributed by atoms with van der Waals surface area (Å²) in [4.78, 5) is 21.4. The Labute approximate surface area is 131 Å². The predicted octanol–water partition coefficient (Wildman–Crippen LogP) is 2.33. The summed E-state index contributed by atoms with van der Waals surface area (Å²) in [5.74, 6) is -0.0579. The maximum atomic E-state index is 11.6. The number of furan rings is 1. The van der Waals surface area contributed by atoms with Crippen molar-refractivity contribution in [3.05, 3.63) is 57.3 Å². The van der Waals surface area contributed by atoms with Gasteiger partial charge in [-0.3, -0.25) is 14.9 Å². The van der Waals surface area contributed by atoms with Crippen LogP contribution in [0.1, 0.15) is 16.9 Å². The largest absolute Gasteiger partial charge is 0.483 e. The highest BCUT2D eigenvalue weighted by Crippen LogP contribution is 2.18. The summed E-state index contributed by atoms with van der Waals surface area (Å²) in [7, 11) is 0. The van der Waals surface area contributed by atoms with Crippen LogP contribution in [-0.4, -0.2) is 23.7 Å². The average Bonchev–Trinajstić information content (AvgIpc) is 2.97. The van der Waals surface area contributed by atoms with Gasteiger partial charge in [-0.1, -0.05) is 12.1 Å². The van der Waals surface area contributed by atoms with E-state index in [2.05, 4.69) is 10.5 Å². The van der Waals surface area contributed by atoms with Gasteiger partial charge >= 0.3 is 5.88 Å². The van der Waals surface area contributed by atoms with E-state index in [0.717, 1.165) is 11.1 Å². The molecule has 0 radical (unpaired) electrons. The molecule has 1 aromatic heterocycles. The molecule has 0 aliphatic carbocycles. The Hall–Kier alpha value is -3.16. The SMILES string of the molecule is Cc1ccc(C)c(OCC(=O)N/N=C\c2ccc([N+](=O)[O-])o2)c1. The maximum absolute atomic E-state index is 11.6. The standard InChI is InChI=1S/C15H15N3O5/c1-10-3-4-11(2)13(7-10)22-9-14(19)17-16-8-12-5-6-15(23-12)18(20)21/h3-8H,9H2,1-2H3,(H,17,19)/b16-8-. The second-order valence-corrected chi connectivity index (χ2v) is 4.78. The third-order valence-electron chi connectivity index (χ3n) is 2.88. The molecule has 0 fully saturated rings. The molecule has 120 valence electrons. The van der Waals surface area contributed by atoms with E-state index in [4.69, 9.17) is 9.15 Å². The molecule has 0 atom stereocenters. The first-order valence-electron chi connectivity index (χ1n) is 6.72. The summed E-state index contributed by atoms with van der Waals surface area (Å²) in [6, 6.07) is 8.28. The highest BCUT2D eigenvalue weighted by Gasteiger charge is 2.10. The number of hydrogen-bond donors (Lipinski definition) is 1. The lowest BCUT2D eigenvalue weighted by Crippen LogP contribution is -2.24. The molecule has 1 N–H and O–H groups in total. The van der Waals surface area contributed by atoms with Gasteiger partial charge in [0, 0.05) is 0 Å². The lowest BCUT2D eigenvalue weighted by Gasteiger charge is -2.08. The molecule has 0 saturated heterocycles. The van der Waals surface area contributed by atoms with Crippen LogP contribution in [0.4, 0.5) is 5.88 Å². The van der Waals surface area contributed by atoms with Gasteiger partial charge in [-0.15, -0.1) is 0 Å². The topological polar surface area (TPSA) is 107 Å². The van der Waals surface area contributed by atoms with Crippen LogP contribution in [0.2, 0.25) is 0 Å². The van der Waals surface area contributed by atoms with Gasteiger partial charge in [0.05, 0.1) is 12.3 Å². The van der Waals surface area contributed by atoms with Crippen LogP contribution in [0.5, 0.6) is 5.75 Å². The molecule has 0 saturated carbocycles. The summed E-state index contributed by atoms with van der Waals surface area (Å²) in [5, 5.41) is 14.1. The predicted molar refractivity (Wildman–Crippen MR) is 82.5 cm³/mol. The molecule has 1 aromatic carbocycles. The zero-order chi connectivity index (χ0) is 16.8. The van der Waals surface area contributed by atoms with E-state index in [9.17, 15) is 14.9 Å². The first-order chi connectivity index (χ1) is 11.0. The summed E-state index contributed by atoms with van der Waals surface area (Å²) in [6.07, 6.45) is 1.17. The number of carbonyl (C=O) groups is 1. The van der Waals surface area contributed by atoms with Gasteiger partial charge in [-0.05, 0) is 37.1 Å². The van der Waals surface area contributed by atoms with Crippen LogP contribution in [0.15, 0.2) is 39.9 Å². The van der Waals surface area contributed by atoms with Crippen molar-refractivity contribution in [1.29, 1.82) is 0 Å². The molecule has 0 unspecified atom stereocenters. The van der Waals surface area contributed by atoms with Crippen molar-refractivity contribution in [2.24, 2.45) is 5.10 Å². The third-order valence-corrected chi connectivity index (χ3v) is 2.88. The molecule has 2 rings (SSSR count). The van der Waals surface area contributed by atoms with Gasteiger partial charge in [0.15, 0.2) is 12.4 Å². The van der Waals surface area contributed by atoms with Crippen molar-refractivity contribution < 1.29 is 18.9 Å². The fourth-order valence-electron chi connectivity index (χ4n) is 1.72.